The molecule has 4 rings (SSSR count). The molecule has 0 unspecified atom stereocenters. The highest BCUT2D eigenvalue weighted by Gasteiger charge is 2.28. The highest BCUT2D eigenvalue weighted by molar-refractivity contribution is 7.89. The van der Waals surface area contributed by atoms with Crippen molar-refractivity contribution in [1.82, 2.24) is 18.3 Å². The molecule has 0 saturated carbocycles. The van der Waals surface area contributed by atoms with E-state index in [-0.39, 0.29) is 43.5 Å². The van der Waals surface area contributed by atoms with Gasteiger partial charge in [0.1, 0.15) is 12.4 Å². The topological polar surface area (TPSA) is 102 Å². The van der Waals surface area contributed by atoms with Crippen molar-refractivity contribution in [3.63, 3.8) is 0 Å². The highest BCUT2D eigenvalue weighted by atomic mass is 32.2. The predicted octanol–water partition coefficient (Wildman–Crippen LogP) is 1.25. The third kappa shape index (κ3) is 4.40. The maximum atomic E-state index is 13.2. The normalized spacial score (nSPS) is 15.4. The Morgan fingerprint density at radius 3 is 2.35 bits per heavy atom. The number of nitrogens with zero attached hydrogens (tertiary/aromatic N) is 4. The van der Waals surface area contributed by atoms with Crippen LogP contribution < -0.4 is 11.2 Å². The number of sulfonamides is 1. The van der Waals surface area contributed by atoms with Gasteiger partial charge in [0.05, 0.1) is 15.8 Å². The van der Waals surface area contributed by atoms with Crippen molar-refractivity contribution in [2.75, 3.05) is 26.2 Å². The first kappa shape index (κ1) is 23.8. The van der Waals surface area contributed by atoms with Gasteiger partial charge in [-0.25, -0.2) is 17.6 Å². The fourth-order valence-corrected chi connectivity index (χ4v) is 5.65. The second kappa shape index (κ2) is 9.51. The number of hydrogen-bond donors (Lipinski definition) is 0. The molecule has 0 radical (unpaired) electrons. The van der Waals surface area contributed by atoms with Crippen LogP contribution in [0, 0.1) is 5.82 Å². The van der Waals surface area contributed by atoms with E-state index in [1.54, 1.807) is 31.2 Å². The van der Waals surface area contributed by atoms with Gasteiger partial charge in [-0.1, -0.05) is 12.1 Å². The zero-order valence-corrected chi connectivity index (χ0v) is 19.5. The smallest absolute Gasteiger partial charge is 0.331 e. The van der Waals surface area contributed by atoms with Gasteiger partial charge in [-0.3, -0.25) is 18.7 Å². The third-order valence-corrected chi connectivity index (χ3v) is 7.91. The Hall–Kier alpha value is -3.31. The maximum Gasteiger partial charge on any atom is 0.331 e. The average molecular weight is 489 g/mol. The summed E-state index contributed by atoms with van der Waals surface area (Å²) in [7, 11) is -3.82. The number of aromatic nitrogens is 2. The number of para-hydroxylation sites is 1. The average Bonchev–Trinajstić information content (AvgIpc) is 3.09. The van der Waals surface area contributed by atoms with Gasteiger partial charge in [-0.15, -0.1) is 0 Å². The van der Waals surface area contributed by atoms with Gasteiger partial charge in [-0.05, 0) is 49.7 Å². The Morgan fingerprint density at radius 1 is 0.941 bits per heavy atom. The molecule has 0 aliphatic carbocycles. The van der Waals surface area contributed by atoms with E-state index in [0.29, 0.717) is 23.9 Å². The molecule has 9 nitrogen and oxygen atoms in total. The Bertz CT molecular complexity index is 1450. The molecule has 0 atom stereocenters. The lowest BCUT2D eigenvalue weighted by Gasteiger charge is -2.23. The van der Waals surface area contributed by atoms with Gasteiger partial charge >= 0.3 is 5.69 Å². The number of halogens is 1. The quantitative estimate of drug-likeness (QED) is 0.538. The Labute approximate surface area is 195 Å². The van der Waals surface area contributed by atoms with Gasteiger partial charge in [0, 0.05) is 32.7 Å². The van der Waals surface area contributed by atoms with E-state index >= 15 is 0 Å². The van der Waals surface area contributed by atoms with Crippen LogP contribution in [0.15, 0.2) is 63.0 Å². The van der Waals surface area contributed by atoms with Crippen molar-refractivity contribution in [1.29, 1.82) is 0 Å². The van der Waals surface area contributed by atoms with E-state index in [9.17, 15) is 27.2 Å². The van der Waals surface area contributed by atoms with Crippen LogP contribution in [0.25, 0.3) is 10.9 Å². The van der Waals surface area contributed by atoms with Crippen molar-refractivity contribution >= 4 is 26.8 Å². The van der Waals surface area contributed by atoms with Crippen LogP contribution in [0.1, 0.15) is 13.3 Å². The first-order valence-electron chi connectivity index (χ1n) is 11.0. The molecule has 1 aromatic heterocycles. The number of fused-ring (bicyclic) bond motifs is 1. The molecule has 1 fully saturated rings. The third-order valence-electron chi connectivity index (χ3n) is 6.00. The number of amides is 1. The van der Waals surface area contributed by atoms with Crippen molar-refractivity contribution in [2.45, 2.75) is 31.3 Å². The van der Waals surface area contributed by atoms with Crippen LogP contribution >= 0.6 is 0 Å². The minimum atomic E-state index is -3.82. The molecule has 2 aromatic carbocycles. The second-order valence-corrected chi connectivity index (χ2v) is 9.97. The maximum absolute atomic E-state index is 13.2. The fraction of sp³-hybridized carbons (Fsp3) is 0.348. The first-order valence-corrected chi connectivity index (χ1v) is 12.4. The summed E-state index contributed by atoms with van der Waals surface area (Å²) in [6.07, 6.45) is 0.413. The van der Waals surface area contributed by atoms with Gasteiger partial charge in [0.2, 0.25) is 15.9 Å². The number of hydrogen-bond acceptors (Lipinski definition) is 5. The summed E-state index contributed by atoms with van der Waals surface area (Å²) < 4.78 is 42.7. The number of carbonyl (C=O) groups is 1. The molecule has 0 bridgehead atoms. The lowest BCUT2D eigenvalue weighted by atomic mass is 10.2. The molecule has 0 spiro atoms. The SMILES string of the molecule is CCn1c(=O)c2ccccc2n(CC(=O)N2CCCN(S(=O)(=O)c3ccc(F)cc3)CC2)c1=O. The van der Waals surface area contributed by atoms with Crippen molar-refractivity contribution in [2.24, 2.45) is 0 Å². The van der Waals surface area contributed by atoms with E-state index in [0.717, 1.165) is 16.7 Å². The second-order valence-electron chi connectivity index (χ2n) is 8.03. The molecule has 0 N–H and O–H groups in total. The van der Waals surface area contributed by atoms with Crippen LogP contribution in [-0.4, -0.2) is 58.8 Å². The highest BCUT2D eigenvalue weighted by Crippen LogP contribution is 2.18. The zero-order chi connectivity index (χ0) is 24.5. The number of rotatable bonds is 5. The Balaban J connectivity index is 1.56. The monoisotopic (exact) mass is 488 g/mol. The Morgan fingerprint density at radius 2 is 1.65 bits per heavy atom. The minimum absolute atomic E-state index is 0.00600. The van der Waals surface area contributed by atoms with Crippen LogP contribution in [0.2, 0.25) is 0 Å². The first-order chi connectivity index (χ1) is 16.2. The van der Waals surface area contributed by atoms with E-state index in [4.69, 9.17) is 0 Å². The minimum Gasteiger partial charge on any atom is -0.340 e. The lowest BCUT2D eigenvalue weighted by Crippen LogP contribution is -2.44. The van der Waals surface area contributed by atoms with E-state index in [1.807, 2.05) is 0 Å². The summed E-state index contributed by atoms with van der Waals surface area (Å²) in [6, 6.07) is 11.3. The van der Waals surface area contributed by atoms with E-state index < -0.39 is 27.1 Å². The summed E-state index contributed by atoms with van der Waals surface area (Å²) in [5, 5.41) is 0.351. The zero-order valence-electron chi connectivity index (χ0n) is 18.7. The van der Waals surface area contributed by atoms with Crippen LogP contribution in [0.5, 0.6) is 0 Å². The van der Waals surface area contributed by atoms with E-state index in [2.05, 4.69) is 0 Å². The number of benzene rings is 2. The molecule has 1 aliphatic heterocycles. The largest absolute Gasteiger partial charge is 0.340 e. The van der Waals surface area contributed by atoms with Gasteiger partial charge in [0.25, 0.3) is 5.56 Å². The van der Waals surface area contributed by atoms with Crippen molar-refractivity contribution in [3.05, 3.63) is 75.2 Å². The summed E-state index contributed by atoms with van der Waals surface area (Å²) in [5.74, 6) is -0.863. The molecule has 34 heavy (non-hydrogen) atoms. The van der Waals surface area contributed by atoms with Crippen LogP contribution in [0.4, 0.5) is 4.39 Å². The molecule has 2 heterocycles. The molecular formula is C23H25FN4O5S. The summed E-state index contributed by atoms with van der Waals surface area (Å²) in [5.41, 5.74) is -0.580. The molecule has 1 saturated heterocycles. The van der Waals surface area contributed by atoms with Crippen LogP contribution in [0.3, 0.4) is 0 Å². The molecule has 1 aliphatic rings. The van der Waals surface area contributed by atoms with E-state index in [1.165, 1.54) is 25.9 Å². The van der Waals surface area contributed by atoms with Gasteiger partial charge < -0.3 is 4.90 Å². The van der Waals surface area contributed by atoms with Crippen molar-refractivity contribution in [3.8, 4) is 0 Å². The Kier molecular flexibility index (Phi) is 6.67. The summed E-state index contributed by atoms with van der Waals surface area (Å²) in [6.45, 7) is 2.38. The molecule has 11 heteroatoms. The molecule has 1 amide bonds. The molecule has 180 valence electrons. The summed E-state index contributed by atoms with van der Waals surface area (Å²) >= 11 is 0. The standard InChI is InChI=1S/C23H25FN4O5S/c1-2-27-22(30)19-6-3-4-7-20(19)28(23(27)31)16-21(29)25-12-5-13-26(15-14-25)34(32,33)18-10-8-17(24)9-11-18/h3-4,6-11H,2,5,12-16H2,1H3. The molecular weight excluding hydrogens is 463 g/mol. The predicted molar refractivity (Wildman–Crippen MR) is 124 cm³/mol. The molecule has 3 aromatic rings. The fourth-order valence-electron chi connectivity index (χ4n) is 4.18. The lowest BCUT2D eigenvalue weighted by molar-refractivity contribution is -0.131. The van der Waals surface area contributed by atoms with Crippen molar-refractivity contribution < 1.29 is 17.6 Å². The number of carbonyl (C=O) groups excluding carboxylic acids is 1. The van der Waals surface area contributed by atoms with Gasteiger partial charge in [0.15, 0.2) is 0 Å². The van der Waals surface area contributed by atoms with Gasteiger partial charge in [-0.2, -0.15) is 4.31 Å². The summed E-state index contributed by atoms with van der Waals surface area (Å²) in [4.78, 5) is 40.2. The van der Waals surface area contributed by atoms with Crippen LogP contribution in [-0.2, 0) is 27.9 Å².